The van der Waals surface area contributed by atoms with Crippen molar-refractivity contribution < 1.29 is 0 Å². The van der Waals surface area contributed by atoms with Crippen LogP contribution in [-0.4, -0.2) is 18.5 Å². The molecule has 108 valence electrons. The Labute approximate surface area is 138 Å². The Balaban J connectivity index is 2.18. The number of halogens is 3. The van der Waals surface area contributed by atoms with Crippen LogP contribution in [0.3, 0.4) is 0 Å². The standard InChI is InChI=1S/C14H15Cl3N2S/c1-19(8-12-2-3-14(17)20-12)13(7-18)9-4-10(15)6-11(16)5-9/h2-6,13H,7-8,18H2,1H3. The normalized spacial score (nSPS) is 12.9. The van der Waals surface area contributed by atoms with Crippen LogP contribution in [0.2, 0.25) is 14.4 Å². The largest absolute Gasteiger partial charge is 0.329 e. The van der Waals surface area contributed by atoms with Gasteiger partial charge in [0.1, 0.15) is 0 Å². The van der Waals surface area contributed by atoms with E-state index in [1.807, 2.05) is 31.3 Å². The van der Waals surface area contributed by atoms with Crippen LogP contribution in [0.1, 0.15) is 16.5 Å². The van der Waals surface area contributed by atoms with Gasteiger partial charge < -0.3 is 5.73 Å². The molecule has 1 atom stereocenters. The van der Waals surface area contributed by atoms with Gasteiger partial charge in [-0.3, -0.25) is 4.90 Å². The van der Waals surface area contributed by atoms with Crippen LogP contribution in [0.4, 0.5) is 0 Å². The van der Waals surface area contributed by atoms with Gasteiger partial charge >= 0.3 is 0 Å². The summed E-state index contributed by atoms with van der Waals surface area (Å²) in [5.74, 6) is 0. The Bertz CT molecular complexity index is 565. The minimum atomic E-state index is 0.0621. The van der Waals surface area contributed by atoms with Crippen molar-refractivity contribution in [3.8, 4) is 0 Å². The number of rotatable bonds is 5. The molecule has 0 amide bonds. The molecule has 1 aromatic heterocycles. The molecule has 0 aliphatic heterocycles. The predicted molar refractivity (Wildman–Crippen MR) is 89.1 cm³/mol. The summed E-state index contributed by atoms with van der Waals surface area (Å²) >= 11 is 19.7. The van der Waals surface area contributed by atoms with E-state index in [1.165, 1.54) is 4.88 Å². The molecule has 2 aromatic rings. The summed E-state index contributed by atoms with van der Waals surface area (Å²) < 4.78 is 0.795. The van der Waals surface area contributed by atoms with Gasteiger partial charge in [0.2, 0.25) is 0 Å². The van der Waals surface area contributed by atoms with Crippen molar-refractivity contribution >= 4 is 46.1 Å². The van der Waals surface area contributed by atoms with E-state index in [0.29, 0.717) is 16.6 Å². The first-order valence-corrected chi connectivity index (χ1v) is 8.05. The number of benzene rings is 1. The third kappa shape index (κ3) is 4.10. The lowest BCUT2D eigenvalue weighted by molar-refractivity contribution is 0.244. The van der Waals surface area contributed by atoms with Gasteiger partial charge in [-0.25, -0.2) is 0 Å². The van der Waals surface area contributed by atoms with Crippen molar-refractivity contribution in [2.24, 2.45) is 5.73 Å². The first-order chi connectivity index (χ1) is 9.49. The third-order valence-corrected chi connectivity index (χ3v) is 4.71. The van der Waals surface area contributed by atoms with Gasteiger partial charge in [0.25, 0.3) is 0 Å². The van der Waals surface area contributed by atoms with E-state index in [9.17, 15) is 0 Å². The molecule has 1 unspecified atom stereocenters. The van der Waals surface area contributed by atoms with Crippen molar-refractivity contribution in [2.75, 3.05) is 13.6 Å². The highest BCUT2D eigenvalue weighted by molar-refractivity contribution is 7.16. The van der Waals surface area contributed by atoms with Gasteiger partial charge in [0.05, 0.1) is 4.34 Å². The molecule has 2 rings (SSSR count). The Morgan fingerprint density at radius 2 is 1.80 bits per heavy atom. The maximum atomic E-state index is 6.06. The zero-order chi connectivity index (χ0) is 14.7. The second kappa shape index (κ2) is 7.12. The van der Waals surface area contributed by atoms with Gasteiger partial charge in [0, 0.05) is 34.1 Å². The quantitative estimate of drug-likeness (QED) is 0.837. The molecule has 0 saturated heterocycles. The molecule has 1 heterocycles. The molecule has 2 nitrogen and oxygen atoms in total. The molecule has 0 bridgehead atoms. The molecule has 0 aliphatic rings. The average Bonchev–Trinajstić information content (AvgIpc) is 2.74. The molecule has 1 aromatic carbocycles. The second-order valence-electron chi connectivity index (χ2n) is 4.58. The molecule has 0 spiro atoms. The molecule has 6 heteroatoms. The fourth-order valence-electron chi connectivity index (χ4n) is 2.13. The van der Waals surface area contributed by atoms with E-state index in [1.54, 1.807) is 17.4 Å². The number of thiophene rings is 1. The minimum absolute atomic E-state index is 0.0621. The zero-order valence-electron chi connectivity index (χ0n) is 10.9. The summed E-state index contributed by atoms with van der Waals surface area (Å²) in [7, 11) is 2.03. The summed E-state index contributed by atoms with van der Waals surface area (Å²) in [5.41, 5.74) is 6.94. The first-order valence-electron chi connectivity index (χ1n) is 6.10. The number of likely N-dealkylation sites (N-methyl/N-ethyl adjacent to an activating group) is 1. The van der Waals surface area contributed by atoms with Gasteiger partial charge in [-0.2, -0.15) is 0 Å². The Morgan fingerprint density at radius 3 is 2.30 bits per heavy atom. The highest BCUT2D eigenvalue weighted by atomic mass is 35.5. The topological polar surface area (TPSA) is 29.3 Å². The lowest BCUT2D eigenvalue weighted by atomic mass is 10.1. The highest BCUT2D eigenvalue weighted by Crippen LogP contribution is 2.29. The Kier molecular flexibility index (Phi) is 5.73. The van der Waals surface area contributed by atoms with Crippen LogP contribution in [-0.2, 0) is 6.54 Å². The third-order valence-electron chi connectivity index (χ3n) is 3.06. The minimum Gasteiger partial charge on any atom is -0.329 e. The van der Waals surface area contributed by atoms with Crippen LogP contribution >= 0.6 is 46.1 Å². The van der Waals surface area contributed by atoms with Crippen molar-refractivity contribution in [1.29, 1.82) is 0 Å². The molecule has 0 aliphatic carbocycles. The number of hydrogen-bond donors (Lipinski definition) is 1. The van der Waals surface area contributed by atoms with Gasteiger partial charge in [0.15, 0.2) is 0 Å². The van der Waals surface area contributed by atoms with Gasteiger partial charge in [-0.1, -0.05) is 34.8 Å². The van der Waals surface area contributed by atoms with Crippen LogP contribution in [0.15, 0.2) is 30.3 Å². The lowest BCUT2D eigenvalue weighted by Crippen LogP contribution is -2.29. The van der Waals surface area contributed by atoms with E-state index in [-0.39, 0.29) is 6.04 Å². The Morgan fingerprint density at radius 1 is 1.15 bits per heavy atom. The average molecular weight is 350 g/mol. The number of nitrogens with two attached hydrogens (primary N) is 1. The number of nitrogens with zero attached hydrogens (tertiary/aromatic N) is 1. The van der Waals surface area contributed by atoms with E-state index in [4.69, 9.17) is 40.5 Å². The lowest BCUT2D eigenvalue weighted by Gasteiger charge is -2.27. The van der Waals surface area contributed by atoms with E-state index < -0.39 is 0 Å². The molecule has 0 radical (unpaired) electrons. The van der Waals surface area contributed by atoms with Crippen LogP contribution in [0.25, 0.3) is 0 Å². The molecule has 0 saturated carbocycles. The van der Waals surface area contributed by atoms with E-state index >= 15 is 0 Å². The van der Waals surface area contributed by atoms with Crippen LogP contribution in [0, 0.1) is 0 Å². The van der Waals surface area contributed by atoms with Crippen LogP contribution in [0.5, 0.6) is 0 Å². The molecule has 0 fully saturated rings. The second-order valence-corrected chi connectivity index (χ2v) is 7.25. The first kappa shape index (κ1) is 16.1. The van der Waals surface area contributed by atoms with Gasteiger partial charge in [-0.05, 0) is 42.9 Å². The monoisotopic (exact) mass is 348 g/mol. The highest BCUT2D eigenvalue weighted by Gasteiger charge is 2.17. The number of hydrogen-bond acceptors (Lipinski definition) is 3. The fourth-order valence-corrected chi connectivity index (χ4v) is 3.82. The van der Waals surface area contributed by atoms with E-state index in [0.717, 1.165) is 16.4 Å². The molecule has 2 N–H and O–H groups in total. The Hall–Kier alpha value is -0.290. The molecule has 20 heavy (non-hydrogen) atoms. The molecular weight excluding hydrogens is 335 g/mol. The smallest absolute Gasteiger partial charge is 0.0931 e. The summed E-state index contributed by atoms with van der Waals surface area (Å²) in [4.78, 5) is 3.37. The fraction of sp³-hybridized carbons (Fsp3) is 0.286. The van der Waals surface area contributed by atoms with Crippen molar-refractivity contribution in [3.63, 3.8) is 0 Å². The van der Waals surface area contributed by atoms with Gasteiger partial charge in [-0.15, -0.1) is 11.3 Å². The summed E-state index contributed by atoms with van der Waals surface area (Å²) in [6.45, 7) is 1.27. The summed E-state index contributed by atoms with van der Waals surface area (Å²) in [6.07, 6.45) is 0. The van der Waals surface area contributed by atoms with Crippen molar-refractivity contribution in [1.82, 2.24) is 4.90 Å². The van der Waals surface area contributed by atoms with E-state index in [2.05, 4.69) is 4.90 Å². The summed E-state index contributed by atoms with van der Waals surface area (Å²) in [6, 6.07) is 9.53. The predicted octanol–water partition coefficient (Wildman–Crippen LogP) is 4.84. The molecular formula is C14H15Cl3N2S. The van der Waals surface area contributed by atoms with Crippen LogP contribution < -0.4 is 5.73 Å². The SMILES string of the molecule is CN(Cc1ccc(Cl)s1)C(CN)c1cc(Cl)cc(Cl)c1. The van der Waals surface area contributed by atoms with Crippen molar-refractivity contribution in [2.45, 2.75) is 12.6 Å². The zero-order valence-corrected chi connectivity index (χ0v) is 14.0. The van der Waals surface area contributed by atoms with Crippen molar-refractivity contribution in [3.05, 3.63) is 55.2 Å². The maximum Gasteiger partial charge on any atom is 0.0931 e. The maximum absolute atomic E-state index is 6.06. The summed E-state index contributed by atoms with van der Waals surface area (Å²) in [5, 5.41) is 1.25.